The number of aliphatic hydroxyl groups is 4. The molecule has 0 aliphatic rings. The molecule has 0 fully saturated rings. The number of rotatable bonds is 4. The molecule has 0 saturated carbocycles. The highest BCUT2D eigenvalue weighted by Crippen LogP contribution is 2.11. The van der Waals surface area contributed by atoms with Crippen molar-refractivity contribution in [1.82, 2.24) is 4.90 Å². The number of hydrogen-bond acceptors (Lipinski definition) is 5. The Hall–Kier alpha value is -0.200. The zero-order valence-electron chi connectivity index (χ0n) is 6.73. The van der Waals surface area contributed by atoms with Gasteiger partial charge in [0.05, 0.1) is 13.2 Å². The fraction of sp³-hybridized carbons (Fsp3) is 1.00. The molecule has 0 radical (unpaired) electrons. The summed E-state index contributed by atoms with van der Waals surface area (Å²) in [5.41, 5.74) is -1.76. The number of aliphatic hydroxyl groups excluding tert-OH is 3. The van der Waals surface area contributed by atoms with Crippen LogP contribution in [0.4, 0.5) is 0 Å². The third kappa shape index (κ3) is 2.11. The van der Waals surface area contributed by atoms with Crippen molar-refractivity contribution in [2.24, 2.45) is 0 Å². The first-order valence-electron chi connectivity index (χ1n) is 3.28. The first-order chi connectivity index (χ1) is 4.99. The molecule has 0 bridgehead atoms. The Bertz CT molecular complexity index is 119. The van der Waals surface area contributed by atoms with Gasteiger partial charge in [-0.05, 0) is 14.1 Å². The van der Waals surface area contributed by atoms with E-state index in [1.807, 2.05) is 0 Å². The maximum Gasteiger partial charge on any atom is 0.169 e. The Morgan fingerprint density at radius 1 is 1.36 bits per heavy atom. The molecule has 5 heteroatoms. The Kier molecular flexibility index (Phi) is 3.91. The molecule has 0 aromatic heterocycles. The van der Waals surface area contributed by atoms with Crippen LogP contribution in [0.3, 0.4) is 0 Å². The van der Waals surface area contributed by atoms with Gasteiger partial charge >= 0.3 is 0 Å². The third-order valence-electron chi connectivity index (χ3n) is 1.71. The Balaban J connectivity index is 4.32. The minimum absolute atomic E-state index is 0.588. The summed E-state index contributed by atoms with van der Waals surface area (Å²) in [7, 11) is 2.99. The standard InChI is InChI=1S/C6H15NO4/c1-7(2)6(11,4-9)5(10)3-8/h5,8-11H,3-4H2,1-2H3. The largest absolute Gasteiger partial charge is 0.394 e. The first kappa shape index (κ1) is 10.8. The van der Waals surface area contributed by atoms with Crippen molar-refractivity contribution in [2.75, 3.05) is 27.3 Å². The number of nitrogens with zero attached hydrogens (tertiary/aromatic N) is 1. The van der Waals surface area contributed by atoms with Crippen molar-refractivity contribution >= 4 is 0 Å². The number of hydrogen-bond donors (Lipinski definition) is 4. The van der Waals surface area contributed by atoms with E-state index in [1.54, 1.807) is 0 Å². The van der Waals surface area contributed by atoms with Crippen LogP contribution < -0.4 is 0 Å². The van der Waals surface area contributed by atoms with Gasteiger partial charge in [-0.15, -0.1) is 0 Å². The topological polar surface area (TPSA) is 84.2 Å². The van der Waals surface area contributed by atoms with E-state index in [1.165, 1.54) is 19.0 Å². The number of likely N-dealkylation sites (N-methyl/N-ethyl adjacent to an activating group) is 1. The summed E-state index contributed by atoms with van der Waals surface area (Å²) in [6.07, 6.45) is -1.36. The molecule has 0 amide bonds. The van der Waals surface area contributed by atoms with Crippen LogP contribution in [0.15, 0.2) is 0 Å². The van der Waals surface area contributed by atoms with Gasteiger partial charge < -0.3 is 20.4 Å². The van der Waals surface area contributed by atoms with E-state index in [4.69, 9.17) is 15.3 Å². The van der Waals surface area contributed by atoms with Crippen molar-refractivity contribution in [3.8, 4) is 0 Å². The van der Waals surface area contributed by atoms with E-state index >= 15 is 0 Å². The van der Waals surface area contributed by atoms with E-state index in [2.05, 4.69) is 0 Å². The molecule has 68 valence electrons. The van der Waals surface area contributed by atoms with Gasteiger partial charge in [-0.1, -0.05) is 0 Å². The van der Waals surface area contributed by atoms with Gasteiger partial charge in [0.1, 0.15) is 6.10 Å². The monoisotopic (exact) mass is 165 g/mol. The van der Waals surface area contributed by atoms with Gasteiger partial charge in [0, 0.05) is 0 Å². The van der Waals surface area contributed by atoms with Crippen LogP contribution in [0.25, 0.3) is 0 Å². The van der Waals surface area contributed by atoms with Crippen molar-refractivity contribution in [2.45, 2.75) is 11.8 Å². The average Bonchev–Trinajstić information content (AvgIpc) is 2.01. The molecule has 0 aromatic carbocycles. The fourth-order valence-corrected chi connectivity index (χ4v) is 0.691. The molecule has 0 rings (SSSR count). The van der Waals surface area contributed by atoms with Crippen LogP contribution in [0, 0.1) is 0 Å². The summed E-state index contributed by atoms with van der Waals surface area (Å²) in [6, 6.07) is 0. The zero-order valence-corrected chi connectivity index (χ0v) is 6.73. The fourth-order valence-electron chi connectivity index (χ4n) is 0.691. The molecular formula is C6H15NO4. The van der Waals surface area contributed by atoms with Crippen LogP contribution in [0.1, 0.15) is 0 Å². The maximum atomic E-state index is 9.43. The highest BCUT2D eigenvalue weighted by molar-refractivity contribution is 4.82. The van der Waals surface area contributed by atoms with E-state index in [9.17, 15) is 5.11 Å². The smallest absolute Gasteiger partial charge is 0.169 e. The second-order valence-corrected chi connectivity index (χ2v) is 2.63. The van der Waals surface area contributed by atoms with Gasteiger partial charge in [0.2, 0.25) is 0 Å². The highest BCUT2D eigenvalue weighted by atomic mass is 16.4. The summed E-state index contributed by atoms with van der Waals surface area (Å²) >= 11 is 0. The highest BCUT2D eigenvalue weighted by Gasteiger charge is 2.36. The quantitative estimate of drug-likeness (QED) is 0.348. The molecule has 0 aromatic rings. The van der Waals surface area contributed by atoms with E-state index < -0.39 is 25.0 Å². The predicted octanol–water partition coefficient (Wildman–Crippen LogP) is -2.42. The van der Waals surface area contributed by atoms with Crippen LogP contribution in [0.5, 0.6) is 0 Å². The normalized spacial score (nSPS) is 19.9. The SMILES string of the molecule is CN(C)C(O)(CO)C(O)CO. The Morgan fingerprint density at radius 3 is 1.91 bits per heavy atom. The van der Waals surface area contributed by atoms with Crippen molar-refractivity contribution < 1.29 is 20.4 Å². The molecule has 0 heterocycles. The van der Waals surface area contributed by atoms with Crippen molar-refractivity contribution in [3.05, 3.63) is 0 Å². The second kappa shape index (κ2) is 3.99. The molecule has 4 N–H and O–H groups in total. The first-order valence-corrected chi connectivity index (χ1v) is 3.28. The zero-order chi connectivity index (χ0) is 9.07. The molecule has 5 nitrogen and oxygen atoms in total. The third-order valence-corrected chi connectivity index (χ3v) is 1.71. The molecule has 0 aliphatic heterocycles. The summed E-state index contributed by atoms with van der Waals surface area (Å²) in [4.78, 5) is 1.24. The molecule has 0 saturated heterocycles. The van der Waals surface area contributed by atoms with Crippen LogP contribution >= 0.6 is 0 Å². The lowest BCUT2D eigenvalue weighted by Crippen LogP contribution is -2.57. The molecule has 0 aliphatic carbocycles. The lowest BCUT2D eigenvalue weighted by molar-refractivity contribution is -0.194. The van der Waals surface area contributed by atoms with E-state index in [0.29, 0.717) is 0 Å². The van der Waals surface area contributed by atoms with Gasteiger partial charge in [-0.25, -0.2) is 0 Å². The Labute approximate surface area is 65.5 Å². The molecule has 11 heavy (non-hydrogen) atoms. The second-order valence-electron chi connectivity index (χ2n) is 2.63. The van der Waals surface area contributed by atoms with Gasteiger partial charge in [0.25, 0.3) is 0 Å². The maximum absolute atomic E-state index is 9.43. The van der Waals surface area contributed by atoms with E-state index in [0.717, 1.165) is 0 Å². The summed E-state index contributed by atoms with van der Waals surface area (Å²) in [5.74, 6) is 0. The van der Waals surface area contributed by atoms with Gasteiger partial charge in [-0.3, -0.25) is 4.90 Å². The predicted molar refractivity (Wildman–Crippen MR) is 38.8 cm³/mol. The lowest BCUT2D eigenvalue weighted by atomic mass is 10.1. The Morgan fingerprint density at radius 2 is 1.82 bits per heavy atom. The van der Waals surface area contributed by atoms with Crippen molar-refractivity contribution in [3.63, 3.8) is 0 Å². The van der Waals surface area contributed by atoms with Crippen molar-refractivity contribution in [1.29, 1.82) is 0 Å². The van der Waals surface area contributed by atoms with E-state index in [-0.39, 0.29) is 0 Å². The summed E-state index contributed by atoms with van der Waals surface area (Å²) in [6.45, 7) is -1.21. The van der Waals surface area contributed by atoms with Gasteiger partial charge in [0.15, 0.2) is 5.72 Å². The summed E-state index contributed by atoms with van der Waals surface area (Å²) in [5, 5.41) is 35.7. The van der Waals surface area contributed by atoms with Crippen LogP contribution in [-0.4, -0.2) is 64.5 Å². The minimum atomic E-state index is -1.76. The average molecular weight is 165 g/mol. The lowest BCUT2D eigenvalue weighted by Gasteiger charge is -2.36. The summed E-state index contributed by atoms with van der Waals surface area (Å²) < 4.78 is 0. The molecule has 2 unspecified atom stereocenters. The molecular weight excluding hydrogens is 150 g/mol. The van der Waals surface area contributed by atoms with Gasteiger partial charge in [-0.2, -0.15) is 0 Å². The molecule has 2 atom stereocenters. The van der Waals surface area contributed by atoms with Crippen LogP contribution in [0.2, 0.25) is 0 Å². The molecule has 0 spiro atoms. The van der Waals surface area contributed by atoms with Crippen LogP contribution in [-0.2, 0) is 0 Å². The minimum Gasteiger partial charge on any atom is -0.394 e.